The minimum atomic E-state index is -0.215. The molecular formula is C20H29FIN5O. The number of hydrogen-bond acceptors (Lipinski definition) is 3. The summed E-state index contributed by atoms with van der Waals surface area (Å²) in [6.45, 7) is 7.12. The maximum atomic E-state index is 13.2. The van der Waals surface area contributed by atoms with Crippen molar-refractivity contribution in [3.8, 4) is 0 Å². The predicted octanol–water partition coefficient (Wildman–Crippen LogP) is 3.10. The van der Waals surface area contributed by atoms with Crippen LogP contribution in [0.15, 0.2) is 41.7 Å². The van der Waals surface area contributed by atoms with Crippen molar-refractivity contribution in [2.45, 2.75) is 25.4 Å². The smallest absolute Gasteiger partial charge is 0.193 e. The normalized spacial score (nSPS) is 18.0. The summed E-state index contributed by atoms with van der Waals surface area (Å²) in [7, 11) is 3.70. The van der Waals surface area contributed by atoms with Gasteiger partial charge in [0.2, 0.25) is 0 Å². The Morgan fingerprint density at radius 3 is 2.68 bits per heavy atom. The monoisotopic (exact) mass is 501 g/mol. The number of halogens is 2. The second-order valence-electron chi connectivity index (χ2n) is 7.54. The second kappa shape index (κ2) is 9.69. The number of aromatic nitrogens is 2. The van der Waals surface area contributed by atoms with Crippen molar-refractivity contribution in [2.75, 3.05) is 33.3 Å². The lowest BCUT2D eigenvalue weighted by molar-refractivity contribution is -0.00808. The van der Waals surface area contributed by atoms with Crippen LogP contribution in [0.4, 0.5) is 4.39 Å². The molecule has 1 aliphatic rings. The number of morpholine rings is 1. The van der Waals surface area contributed by atoms with E-state index in [-0.39, 0.29) is 41.3 Å². The van der Waals surface area contributed by atoms with Crippen molar-refractivity contribution in [3.63, 3.8) is 0 Å². The summed E-state index contributed by atoms with van der Waals surface area (Å²) in [6, 6.07) is 6.69. The number of nitrogens with zero attached hydrogens (tertiary/aromatic N) is 4. The molecular weight excluding hydrogens is 472 g/mol. The van der Waals surface area contributed by atoms with Crippen molar-refractivity contribution < 1.29 is 9.13 Å². The largest absolute Gasteiger partial charge is 0.370 e. The van der Waals surface area contributed by atoms with E-state index in [2.05, 4.69) is 34.2 Å². The van der Waals surface area contributed by atoms with Gasteiger partial charge < -0.3 is 15.0 Å². The fraction of sp³-hybridized carbons (Fsp3) is 0.500. The third-order valence-corrected chi connectivity index (χ3v) is 4.99. The molecule has 1 saturated heterocycles. The fourth-order valence-corrected chi connectivity index (χ4v) is 3.29. The summed E-state index contributed by atoms with van der Waals surface area (Å²) in [5.74, 6) is 0.635. The number of aliphatic imine (C=N–C) groups is 1. The SMILES string of the molecule is CN=C(NCC(C)(C)c1ccc(F)cc1)N1CCOC(c2cnn(C)c2)C1.I. The number of guanidine groups is 1. The molecule has 1 aromatic carbocycles. The maximum Gasteiger partial charge on any atom is 0.193 e. The topological polar surface area (TPSA) is 54.7 Å². The maximum absolute atomic E-state index is 13.2. The summed E-state index contributed by atoms with van der Waals surface area (Å²) in [4.78, 5) is 6.66. The number of aryl methyl sites for hydroxylation is 1. The molecule has 2 heterocycles. The average molecular weight is 501 g/mol. The summed E-state index contributed by atoms with van der Waals surface area (Å²) in [5.41, 5.74) is 2.00. The van der Waals surface area contributed by atoms with Crippen LogP contribution in [0.1, 0.15) is 31.1 Å². The first-order valence-electron chi connectivity index (χ1n) is 9.21. The number of nitrogens with one attached hydrogen (secondary N) is 1. The lowest BCUT2D eigenvalue weighted by Crippen LogP contribution is -2.50. The van der Waals surface area contributed by atoms with Crippen molar-refractivity contribution in [2.24, 2.45) is 12.0 Å². The average Bonchev–Trinajstić information content (AvgIpc) is 3.09. The van der Waals surface area contributed by atoms with E-state index in [1.165, 1.54) is 12.1 Å². The molecule has 1 N–H and O–H groups in total. The number of hydrogen-bond donors (Lipinski definition) is 1. The van der Waals surface area contributed by atoms with Crippen molar-refractivity contribution in [1.29, 1.82) is 0 Å². The van der Waals surface area contributed by atoms with E-state index in [4.69, 9.17) is 4.74 Å². The third kappa shape index (κ3) is 5.44. The molecule has 0 aliphatic carbocycles. The van der Waals surface area contributed by atoms with Crippen molar-refractivity contribution in [3.05, 3.63) is 53.6 Å². The Labute approximate surface area is 183 Å². The fourth-order valence-electron chi connectivity index (χ4n) is 3.29. The molecule has 1 aromatic heterocycles. The highest BCUT2D eigenvalue weighted by atomic mass is 127. The van der Waals surface area contributed by atoms with Gasteiger partial charge in [-0.15, -0.1) is 24.0 Å². The van der Waals surface area contributed by atoms with Crippen molar-refractivity contribution in [1.82, 2.24) is 20.0 Å². The van der Waals surface area contributed by atoms with Gasteiger partial charge in [-0.25, -0.2) is 4.39 Å². The molecule has 0 amide bonds. The molecule has 2 aromatic rings. The van der Waals surface area contributed by atoms with Gasteiger partial charge >= 0.3 is 0 Å². The minimum absolute atomic E-state index is 0. The number of rotatable bonds is 4. The Morgan fingerprint density at radius 2 is 2.07 bits per heavy atom. The lowest BCUT2D eigenvalue weighted by atomic mass is 9.84. The molecule has 28 heavy (non-hydrogen) atoms. The third-order valence-electron chi connectivity index (χ3n) is 4.99. The Bertz CT molecular complexity index is 790. The van der Waals surface area contributed by atoms with Crippen LogP contribution in [0.25, 0.3) is 0 Å². The van der Waals surface area contributed by atoms with Gasteiger partial charge in [-0.1, -0.05) is 26.0 Å². The molecule has 0 bridgehead atoms. The highest BCUT2D eigenvalue weighted by molar-refractivity contribution is 14.0. The van der Waals surface area contributed by atoms with Gasteiger partial charge in [0.1, 0.15) is 11.9 Å². The van der Waals surface area contributed by atoms with E-state index in [1.807, 2.05) is 31.6 Å². The molecule has 154 valence electrons. The molecule has 1 aliphatic heterocycles. The van der Waals surface area contributed by atoms with Gasteiger partial charge in [0.25, 0.3) is 0 Å². The minimum Gasteiger partial charge on any atom is -0.370 e. The van der Waals surface area contributed by atoms with Gasteiger partial charge in [0, 0.05) is 44.4 Å². The molecule has 1 unspecified atom stereocenters. The van der Waals surface area contributed by atoms with Crippen LogP contribution in [0.5, 0.6) is 0 Å². The Hall–Kier alpha value is -1.68. The number of ether oxygens (including phenoxy) is 1. The van der Waals surface area contributed by atoms with Gasteiger partial charge in [0.05, 0.1) is 19.3 Å². The zero-order valence-corrected chi connectivity index (χ0v) is 19.2. The first kappa shape index (κ1) is 22.6. The molecule has 0 spiro atoms. The summed E-state index contributed by atoms with van der Waals surface area (Å²) in [6.07, 6.45) is 3.82. The molecule has 3 rings (SSSR count). The Kier molecular flexibility index (Phi) is 7.82. The van der Waals surface area contributed by atoms with E-state index in [0.717, 1.165) is 30.2 Å². The van der Waals surface area contributed by atoms with Crippen LogP contribution >= 0.6 is 24.0 Å². The van der Waals surface area contributed by atoms with Crippen LogP contribution in [0, 0.1) is 5.82 Å². The predicted molar refractivity (Wildman–Crippen MR) is 120 cm³/mol. The van der Waals surface area contributed by atoms with E-state index < -0.39 is 0 Å². The quantitative estimate of drug-likeness (QED) is 0.398. The van der Waals surface area contributed by atoms with Crippen LogP contribution in [0.3, 0.4) is 0 Å². The molecule has 1 atom stereocenters. The van der Waals surface area contributed by atoms with Crippen LogP contribution < -0.4 is 5.32 Å². The van der Waals surface area contributed by atoms with Crippen LogP contribution in [-0.2, 0) is 17.2 Å². The van der Waals surface area contributed by atoms with Gasteiger partial charge in [-0.05, 0) is 17.7 Å². The number of benzene rings is 1. The van der Waals surface area contributed by atoms with E-state index in [0.29, 0.717) is 13.2 Å². The molecule has 1 fully saturated rings. The van der Waals surface area contributed by atoms with Crippen LogP contribution in [-0.4, -0.2) is 53.9 Å². The van der Waals surface area contributed by atoms with Crippen LogP contribution in [0.2, 0.25) is 0 Å². The van der Waals surface area contributed by atoms with Gasteiger partial charge in [-0.2, -0.15) is 5.10 Å². The zero-order chi connectivity index (χ0) is 19.4. The Morgan fingerprint density at radius 1 is 1.36 bits per heavy atom. The summed E-state index contributed by atoms with van der Waals surface area (Å²) >= 11 is 0. The highest BCUT2D eigenvalue weighted by Gasteiger charge is 2.27. The van der Waals surface area contributed by atoms with E-state index >= 15 is 0 Å². The lowest BCUT2D eigenvalue weighted by Gasteiger charge is -2.36. The molecule has 0 radical (unpaired) electrons. The van der Waals surface area contributed by atoms with E-state index in [1.54, 1.807) is 11.7 Å². The molecule has 0 saturated carbocycles. The highest BCUT2D eigenvalue weighted by Crippen LogP contribution is 2.24. The first-order chi connectivity index (χ1) is 12.9. The zero-order valence-electron chi connectivity index (χ0n) is 16.9. The Balaban J connectivity index is 0.00000280. The second-order valence-corrected chi connectivity index (χ2v) is 7.54. The van der Waals surface area contributed by atoms with Gasteiger partial charge in [0.15, 0.2) is 5.96 Å². The summed E-state index contributed by atoms with van der Waals surface area (Å²) < 4.78 is 20.9. The standard InChI is InChI=1S/C20H28FN5O.HI/c1-20(2,16-5-7-17(21)8-6-16)14-23-19(22-3)26-9-10-27-18(13-26)15-11-24-25(4)12-15;/h5-8,11-12,18H,9-10,13-14H2,1-4H3,(H,22,23);1H. The van der Waals surface area contributed by atoms with Crippen molar-refractivity contribution >= 4 is 29.9 Å². The van der Waals surface area contributed by atoms with Gasteiger partial charge in [-0.3, -0.25) is 9.67 Å². The molecule has 6 nitrogen and oxygen atoms in total. The molecule has 8 heteroatoms. The summed E-state index contributed by atoms with van der Waals surface area (Å²) in [5, 5.41) is 7.71. The first-order valence-corrected chi connectivity index (χ1v) is 9.21. The van der Waals surface area contributed by atoms with E-state index in [9.17, 15) is 4.39 Å².